The fraction of sp³-hybridized carbons (Fsp3) is 0.789. The van der Waals surface area contributed by atoms with Gasteiger partial charge in [-0.1, -0.05) is 54.4 Å². The molecular weight excluding hydrogens is 272 g/mol. The first-order valence-corrected chi connectivity index (χ1v) is 8.84. The Bertz CT molecular complexity index is 537. The van der Waals surface area contributed by atoms with E-state index in [1.807, 2.05) is 6.07 Å². The van der Waals surface area contributed by atoms with Gasteiger partial charge in [-0.25, -0.2) is 5.10 Å². The van der Waals surface area contributed by atoms with Crippen LogP contribution >= 0.6 is 0 Å². The monoisotopic (exact) mass is 304 g/mol. The van der Waals surface area contributed by atoms with Gasteiger partial charge < -0.3 is 0 Å². The molecule has 124 valence electrons. The maximum absolute atomic E-state index is 11.4. The molecule has 1 saturated carbocycles. The van der Waals surface area contributed by atoms with Crippen molar-refractivity contribution in [3.63, 3.8) is 0 Å². The lowest BCUT2D eigenvalue weighted by Gasteiger charge is -2.47. The predicted molar refractivity (Wildman–Crippen MR) is 92.0 cm³/mol. The van der Waals surface area contributed by atoms with Crippen LogP contribution in [0.25, 0.3) is 0 Å². The van der Waals surface area contributed by atoms with E-state index in [0.29, 0.717) is 5.92 Å². The zero-order chi connectivity index (χ0) is 16.5. The molecule has 0 saturated heterocycles. The van der Waals surface area contributed by atoms with Crippen molar-refractivity contribution in [1.29, 1.82) is 0 Å². The second-order valence-electron chi connectivity index (χ2n) is 8.13. The summed E-state index contributed by atoms with van der Waals surface area (Å²) in [4.78, 5) is 11.4. The highest BCUT2D eigenvalue weighted by molar-refractivity contribution is 5.24. The van der Waals surface area contributed by atoms with Gasteiger partial charge in [0.15, 0.2) is 0 Å². The number of nitrogens with zero attached hydrogens (tertiary/aromatic N) is 1. The summed E-state index contributed by atoms with van der Waals surface area (Å²) in [5.74, 6) is 2.13. The number of rotatable bonds is 4. The van der Waals surface area contributed by atoms with E-state index in [9.17, 15) is 4.79 Å². The van der Waals surface area contributed by atoms with Gasteiger partial charge in [0.05, 0.1) is 5.69 Å². The molecule has 1 aromatic heterocycles. The molecular formula is C19H32N2O. The van der Waals surface area contributed by atoms with E-state index in [-0.39, 0.29) is 16.4 Å². The highest BCUT2D eigenvalue weighted by atomic mass is 16.1. The van der Waals surface area contributed by atoms with E-state index in [2.05, 4.69) is 51.7 Å². The Morgan fingerprint density at radius 2 is 2.05 bits per heavy atom. The largest absolute Gasteiger partial charge is 0.268 e. The van der Waals surface area contributed by atoms with Crippen molar-refractivity contribution in [2.45, 2.75) is 72.6 Å². The molecule has 2 rings (SSSR count). The predicted octanol–water partition coefficient (Wildman–Crippen LogP) is 4.54. The Labute approximate surface area is 134 Å². The van der Waals surface area contributed by atoms with E-state index in [1.165, 1.54) is 25.7 Å². The first-order valence-electron chi connectivity index (χ1n) is 8.84. The van der Waals surface area contributed by atoms with Gasteiger partial charge in [0.1, 0.15) is 0 Å². The quantitative estimate of drug-likeness (QED) is 0.888. The van der Waals surface area contributed by atoms with Gasteiger partial charge in [0, 0.05) is 11.5 Å². The van der Waals surface area contributed by atoms with Crippen LogP contribution in [-0.2, 0) is 5.41 Å². The van der Waals surface area contributed by atoms with Crippen LogP contribution in [0.2, 0.25) is 0 Å². The molecule has 3 heteroatoms. The average Bonchev–Trinajstić information content (AvgIpc) is 2.87. The zero-order valence-electron chi connectivity index (χ0n) is 15.1. The SMILES string of the molecule is CCC(C)C1CCC(c2ccc(=O)[nH]n2)(C(C)(C)C)C1CC. The van der Waals surface area contributed by atoms with Gasteiger partial charge in [-0.15, -0.1) is 0 Å². The molecule has 1 aromatic rings. The molecule has 0 aliphatic heterocycles. The number of hydrogen-bond donors (Lipinski definition) is 1. The van der Waals surface area contributed by atoms with Gasteiger partial charge in [0.25, 0.3) is 5.56 Å². The number of aromatic nitrogens is 2. The lowest BCUT2D eigenvalue weighted by atomic mass is 9.57. The summed E-state index contributed by atoms with van der Waals surface area (Å²) in [7, 11) is 0. The molecule has 1 aliphatic carbocycles. The highest BCUT2D eigenvalue weighted by Crippen LogP contribution is 2.60. The van der Waals surface area contributed by atoms with Gasteiger partial charge >= 0.3 is 0 Å². The summed E-state index contributed by atoms with van der Waals surface area (Å²) < 4.78 is 0. The van der Waals surface area contributed by atoms with Crippen LogP contribution in [0.3, 0.4) is 0 Å². The first kappa shape index (κ1) is 17.2. The minimum atomic E-state index is -0.114. The molecule has 3 nitrogen and oxygen atoms in total. The topological polar surface area (TPSA) is 45.8 Å². The third-order valence-corrected chi connectivity index (χ3v) is 6.31. The van der Waals surface area contributed by atoms with Crippen LogP contribution in [0, 0.1) is 23.2 Å². The Hall–Kier alpha value is -1.12. The third-order valence-electron chi connectivity index (χ3n) is 6.31. The summed E-state index contributed by atoms with van der Waals surface area (Å²) in [5.41, 5.74) is 1.15. The van der Waals surface area contributed by atoms with Crippen molar-refractivity contribution >= 4 is 0 Å². The van der Waals surface area contributed by atoms with Gasteiger partial charge in [0.2, 0.25) is 0 Å². The van der Waals surface area contributed by atoms with Crippen LogP contribution in [0.4, 0.5) is 0 Å². The van der Waals surface area contributed by atoms with Crippen LogP contribution in [-0.4, -0.2) is 10.2 Å². The maximum atomic E-state index is 11.4. The Kier molecular flexibility index (Phi) is 4.84. The van der Waals surface area contributed by atoms with Gasteiger partial charge in [-0.2, -0.15) is 5.10 Å². The lowest BCUT2D eigenvalue weighted by molar-refractivity contribution is 0.0892. The smallest absolute Gasteiger partial charge is 0.264 e. The molecule has 4 unspecified atom stereocenters. The third kappa shape index (κ3) is 2.63. The summed E-state index contributed by atoms with van der Waals surface area (Å²) >= 11 is 0. The summed E-state index contributed by atoms with van der Waals surface area (Å²) in [6.45, 7) is 14.0. The molecule has 0 radical (unpaired) electrons. The van der Waals surface area contributed by atoms with E-state index >= 15 is 0 Å². The van der Waals surface area contributed by atoms with Crippen LogP contribution in [0.1, 0.15) is 72.9 Å². The van der Waals surface area contributed by atoms with Gasteiger partial charge in [-0.05, 0) is 42.1 Å². The minimum absolute atomic E-state index is 0.0556. The average molecular weight is 304 g/mol. The van der Waals surface area contributed by atoms with Crippen molar-refractivity contribution in [3.8, 4) is 0 Å². The minimum Gasteiger partial charge on any atom is -0.268 e. The molecule has 0 amide bonds. The first-order chi connectivity index (χ1) is 10.3. The van der Waals surface area contributed by atoms with Crippen molar-refractivity contribution in [2.24, 2.45) is 23.2 Å². The molecule has 4 atom stereocenters. The van der Waals surface area contributed by atoms with E-state index < -0.39 is 0 Å². The highest BCUT2D eigenvalue weighted by Gasteiger charge is 2.56. The normalized spacial score (nSPS) is 30.5. The number of nitrogens with one attached hydrogen (secondary N) is 1. The van der Waals surface area contributed by atoms with Crippen LogP contribution in [0.5, 0.6) is 0 Å². The number of aromatic amines is 1. The van der Waals surface area contributed by atoms with E-state index in [0.717, 1.165) is 17.5 Å². The second kappa shape index (κ2) is 6.17. The Morgan fingerprint density at radius 1 is 1.36 bits per heavy atom. The van der Waals surface area contributed by atoms with E-state index in [4.69, 9.17) is 0 Å². The summed E-state index contributed by atoms with van der Waals surface area (Å²) in [6.07, 6.45) is 4.85. The Morgan fingerprint density at radius 3 is 2.50 bits per heavy atom. The molecule has 0 spiro atoms. The lowest BCUT2D eigenvalue weighted by Crippen LogP contribution is -2.46. The van der Waals surface area contributed by atoms with Crippen molar-refractivity contribution < 1.29 is 0 Å². The zero-order valence-corrected chi connectivity index (χ0v) is 15.1. The molecule has 1 fully saturated rings. The second-order valence-corrected chi connectivity index (χ2v) is 8.13. The van der Waals surface area contributed by atoms with Crippen molar-refractivity contribution in [3.05, 3.63) is 28.2 Å². The van der Waals surface area contributed by atoms with Crippen LogP contribution < -0.4 is 5.56 Å². The van der Waals surface area contributed by atoms with Crippen molar-refractivity contribution in [2.75, 3.05) is 0 Å². The summed E-state index contributed by atoms with van der Waals surface area (Å²) in [6, 6.07) is 3.60. The maximum Gasteiger partial charge on any atom is 0.264 e. The molecule has 22 heavy (non-hydrogen) atoms. The van der Waals surface area contributed by atoms with Crippen molar-refractivity contribution in [1.82, 2.24) is 10.2 Å². The number of H-pyrrole nitrogens is 1. The molecule has 0 bridgehead atoms. The Balaban J connectivity index is 2.56. The molecule has 1 heterocycles. The van der Waals surface area contributed by atoms with Crippen LogP contribution in [0.15, 0.2) is 16.9 Å². The summed E-state index contributed by atoms with van der Waals surface area (Å²) in [5, 5.41) is 7.15. The van der Waals surface area contributed by atoms with E-state index in [1.54, 1.807) is 6.07 Å². The molecule has 0 aromatic carbocycles. The fourth-order valence-electron chi connectivity index (χ4n) is 5.01. The fourth-order valence-corrected chi connectivity index (χ4v) is 5.01. The molecule has 1 aliphatic rings. The number of hydrogen-bond acceptors (Lipinski definition) is 2. The molecule has 1 N–H and O–H groups in total. The van der Waals surface area contributed by atoms with Gasteiger partial charge in [-0.3, -0.25) is 4.79 Å². The standard InChI is InChI=1S/C19H32N2O/c1-7-13(3)14-11-12-19(15(14)8-2,18(4,5)6)16-9-10-17(22)21-20-16/h9-10,13-15H,7-8,11-12H2,1-6H3,(H,21,22).